The summed E-state index contributed by atoms with van der Waals surface area (Å²) in [6.45, 7) is 4.55. The van der Waals surface area contributed by atoms with E-state index in [4.69, 9.17) is 14.2 Å². The second kappa shape index (κ2) is 11.6. The Bertz CT molecular complexity index is 1120. The number of ether oxygens (including phenoxy) is 3. The highest BCUT2D eigenvalue weighted by Crippen LogP contribution is 2.45. The normalized spacial score (nSPS) is 37.1. The number of nitrogens with one attached hydrogen (secondary N) is 2. The molecule has 2 N–H and O–H groups in total. The first-order valence-corrected chi connectivity index (χ1v) is 14.6. The molecule has 0 radical (unpaired) electrons. The number of carbonyl (C=O) groups excluding carboxylic acids is 1. The molecule has 5 aliphatic heterocycles. The minimum Gasteiger partial charge on any atom is -1.00 e. The Hall–Kier alpha value is -2.35. The van der Waals surface area contributed by atoms with Gasteiger partial charge in [-0.1, -0.05) is 55.5 Å². The highest BCUT2D eigenvalue weighted by atomic mass is 35.5. The van der Waals surface area contributed by atoms with Gasteiger partial charge in [-0.3, -0.25) is 9.37 Å². The van der Waals surface area contributed by atoms with E-state index >= 15 is 0 Å². The van der Waals surface area contributed by atoms with E-state index in [0.717, 1.165) is 69.3 Å². The van der Waals surface area contributed by atoms with Crippen LogP contribution < -0.4 is 23.0 Å². The molecule has 2 fully saturated rings. The molecule has 0 amide bonds. The van der Waals surface area contributed by atoms with Crippen molar-refractivity contribution in [3.8, 4) is 0 Å². The highest BCUT2D eigenvalue weighted by Gasteiger charge is 2.64. The van der Waals surface area contributed by atoms with E-state index in [1.807, 2.05) is 42.5 Å². The van der Waals surface area contributed by atoms with Gasteiger partial charge < -0.3 is 26.6 Å². The van der Waals surface area contributed by atoms with Crippen molar-refractivity contribution in [3.63, 3.8) is 0 Å². The second-order valence-electron chi connectivity index (χ2n) is 11.7. The third-order valence-corrected chi connectivity index (χ3v) is 9.03. The number of benzene rings is 1. The number of guanidine groups is 1. The molecule has 0 bridgehead atoms. The number of hydrogen-bond acceptors (Lipinski definition) is 6. The van der Waals surface area contributed by atoms with Crippen molar-refractivity contribution in [2.75, 3.05) is 6.61 Å². The molecule has 6 rings (SSSR count). The third kappa shape index (κ3) is 5.50. The molecule has 2 saturated heterocycles. The fraction of sp³-hybridized carbons (Fsp3) is 0.613. The average molecular weight is 556 g/mol. The zero-order valence-corrected chi connectivity index (χ0v) is 23.9. The van der Waals surface area contributed by atoms with Crippen molar-refractivity contribution < 1.29 is 36.0 Å². The maximum absolute atomic E-state index is 13.8. The van der Waals surface area contributed by atoms with Crippen LogP contribution in [-0.4, -0.2) is 58.9 Å². The molecule has 0 aromatic heterocycles. The summed E-state index contributed by atoms with van der Waals surface area (Å²) < 4.78 is 21.8. The Morgan fingerprint density at radius 3 is 2.79 bits per heavy atom. The van der Waals surface area contributed by atoms with E-state index in [9.17, 15) is 4.79 Å². The molecule has 7 atom stereocenters. The number of rotatable bonds is 5. The lowest BCUT2D eigenvalue weighted by Crippen LogP contribution is -3.00. The lowest BCUT2D eigenvalue weighted by atomic mass is 9.80. The van der Waals surface area contributed by atoms with Crippen LogP contribution in [0.2, 0.25) is 0 Å². The first-order chi connectivity index (χ1) is 18.5. The van der Waals surface area contributed by atoms with Crippen molar-refractivity contribution in [2.24, 2.45) is 5.92 Å². The molecule has 1 aromatic carbocycles. The van der Waals surface area contributed by atoms with Gasteiger partial charge in [0.15, 0.2) is 11.6 Å². The molecular weight excluding hydrogens is 514 g/mol. The van der Waals surface area contributed by atoms with Gasteiger partial charge in [0.05, 0.1) is 24.3 Å². The van der Waals surface area contributed by atoms with Gasteiger partial charge in [-0.25, -0.2) is 10.6 Å². The Morgan fingerprint density at radius 1 is 1.15 bits per heavy atom. The standard InChI is InChI=1S/C31H41N3O4.ClH/c1-3-25-15-7-8-18-30(38-25)21-24-16-17-26-27(28(35)36-20-10-14-23-12-5-4-6-13-23)31(19-9-11-22(2)37-31)33-29(32-30)34(24)26;/h4-7,10,12-15,22,24-27H,3,8-9,11,16-21H2,1-2H3,(H,32,33);1H/b14-10+;/t22-,24+,25+,26-,27+,30+,31-;/m1./s1. The van der Waals surface area contributed by atoms with Gasteiger partial charge in [0.25, 0.3) is 0 Å². The molecule has 5 aliphatic rings. The number of allylic oxidation sites excluding steroid dienone is 1. The van der Waals surface area contributed by atoms with Crippen molar-refractivity contribution in [3.05, 3.63) is 54.1 Å². The quantitative estimate of drug-likeness (QED) is 0.326. The summed E-state index contributed by atoms with van der Waals surface area (Å²) in [5, 5.41) is 7.58. The van der Waals surface area contributed by atoms with Crippen LogP contribution in [0.3, 0.4) is 0 Å². The molecular formula is C31H42ClN3O4. The van der Waals surface area contributed by atoms with Gasteiger partial charge in [0.1, 0.15) is 6.61 Å². The van der Waals surface area contributed by atoms with Gasteiger partial charge >= 0.3 is 11.9 Å². The van der Waals surface area contributed by atoms with Crippen molar-refractivity contribution in [2.45, 2.75) is 107 Å². The minimum absolute atomic E-state index is 0. The summed E-state index contributed by atoms with van der Waals surface area (Å²) in [5.74, 6) is 0.415. The van der Waals surface area contributed by atoms with Crippen LogP contribution in [-0.2, 0) is 19.0 Å². The van der Waals surface area contributed by atoms with Gasteiger partial charge in [-0.05, 0) is 57.1 Å². The van der Waals surface area contributed by atoms with E-state index in [-0.39, 0.29) is 49.2 Å². The zero-order chi connectivity index (χ0) is 26.2. The van der Waals surface area contributed by atoms with Gasteiger partial charge in [0.2, 0.25) is 5.72 Å². The van der Waals surface area contributed by atoms with E-state index in [2.05, 4.69) is 41.2 Å². The topological polar surface area (TPSA) is 71.8 Å². The van der Waals surface area contributed by atoms with E-state index in [1.54, 1.807) is 0 Å². The number of nitrogens with zero attached hydrogens (tertiary/aromatic N) is 1. The van der Waals surface area contributed by atoms with Crippen LogP contribution in [0.25, 0.3) is 6.08 Å². The van der Waals surface area contributed by atoms with Crippen LogP contribution in [0.5, 0.6) is 0 Å². The third-order valence-electron chi connectivity index (χ3n) is 9.03. The molecule has 0 saturated carbocycles. The largest absolute Gasteiger partial charge is 1.00 e. The Kier molecular flexibility index (Phi) is 8.41. The van der Waals surface area contributed by atoms with E-state index in [1.165, 1.54) is 0 Å². The maximum Gasteiger partial charge on any atom is 0.350 e. The predicted octanol–water partition coefficient (Wildman–Crippen LogP) is 1.49. The highest BCUT2D eigenvalue weighted by molar-refractivity contribution is 5.82. The fourth-order valence-electron chi connectivity index (χ4n) is 7.36. The maximum atomic E-state index is 13.8. The lowest BCUT2D eigenvalue weighted by Gasteiger charge is -2.50. The second-order valence-corrected chi connectivity index (χ2v) is 11.7. The Morgan fingerprint density at radius 2 is 2.00 bits per heavy atom. The smallest absolute Gasteiger partial charge is 0.350 e. The molecule has 0 aliphatic carbocycles. The molecule has 2 spiro atoms. The summed E-state index contributed by atoms with van der Waals surface area (Å²) in [5.41, 5.74) is -0.0853. The van der Waals surface area contributed by atoms with Gasteiger partial charge in [-0.2, -0.15) is 0 Å². The van der Waals surface area contributed by atoms with Crippen LogP contribution >= 0.6 is 0 Å². The first kappa shape index (κ1) is 28.2. The Balaban J connectivity index is 0.00000308. The summed E-state index contributed by atoms with van der Waals surface area (Å²) >= 11 is 0. The molecule has 212 valence electrons. The Labute approximate surface area is 238 Å². The van der Waals surface area contributed by atoms with Crippen LogP contribution in [0, 0.1) is 5.92 Å². The molecule has 0 unspecified atom stereocenters. The number of halogens is 1. The van der Waals surface area contributed by atoms with Crippen LogP contribution in [0.15, 0.2) is 48.6 Å². The minimum atomic E-state index is -0.776. The summed E-state index contributed by atoms with van der Waals surface area (Å²) in [7, 11) is 0. The number of carbonyl (C=O) groups is 1. The SMILES string of the molecule is CC[C@H]1C=CCC[C@@]2(C[C@@H]3CC[C@@H]4[C@@H](C(=O)OC/C=C/c5ccccc5)[C@]5(CCC[C@@H](C)O5)NC(=[N+]34)N2)O1.[Cl-]. The van der Waals surface area contributed by atoms with Gasteiger partial charge in [-0.15, -0.1) is 0 Å². The molecule has 39 heavy (non-hydrogen) atoms. The molecule has 5 heterocycles. The fourth-order valence-corrected chi connectivity index (χ4v) is 7.36. The monoisotopic (exact) mass is 555 g/mol. The number of hydrogen-bond donors (Lipinski definition) is 2. The predicted molar refractivity (Wildman–Crippen MR) is 146 cm³/mol. The average Bonchev–Trinajstić information content (AvgIpc) is 3.21. The van der Waals surface area contributed by atoms with E-state index in [0.29, 0.717) is 6.04 Å². The first-order valence-electron chi connectivity index (χ1n) is 14.6. The summed E-state index contributed by atoms with van der Waals surface area (Å²) in [4.78, 5) is 13.8. The zero-order valence-electron chi connectivity index (χ0n) is 23.1. The van der Waals surface area contributed by atoms with E-state index < -0.39 is 11.4 Å². The molecule has 7 nitrogen and oxygen atoms in total. The van der Waals surface area contributed by atoms with Crippen molar-refractivity contribution in [1.29, 1.82) is 0 Å². The van der Waals surface area contributed by atoms with Crippen LogP contribution in [0.4, 0.5) is 0 Å². The van der Waals surface area contributed by atoms with Crippen LogP contribution in [0.1, 0.15) is 77.2 Å². The molecule has 1 aromatic rings. The molecule has 8 heteroatoms. The summed E-state index contributed by atoms with van der Waals surface area (Å²) in [6.07, 6.45) is 17.2. The van der Waals surface area contributed by atoms with Crippen molar-refractivity contribution in [1.82, 2.24) is 10.6 Å². The van der Waals surface area contributed by atoms with Crippen molar-refractivity contribution >= 4 is 18.0 Å². The summed E-state index contributed by atoms with van der Waals surface area (Å²) in [6, 6.07) is 10.5. The van der Waals surface area contributed by atoms with Gasteiger partial charge in [0, 0.05) is 19.3 Å². The lowest BCUT2D eigenvalue weighted by molar-refractivity contribution is -0.609. The number of esters is 1.